The van der Waals surface area contributed by atoms with E-state index in [0.717, 1.165) is 39.4 Å². The largest absolute Gasteiger partial charge is 0.378 e. The second-order valence-electron chi connectivity index (χ2n) is 5.84. The molecule has 130 valence electrons. The number of hydrogen-bond acceptors (Lipinski definition) is 6. The maximum Gasteiger partial charge on any atom is 0.0701 e. The first-order valence-corrected chi connectivity index (χ1v) is 8.71. The van der Waals surface area contributed by atoms with Crippen LogP contribution < -0.4 is 0 Å². The lowest BCUT2D eigenvalue weighted by molar-refractivity contribution is 0.00206. The number of rotatable bonds is 3. The SMILES string of the molecule is C1CCN(CCN2CCOCCOCCOCCOCC2)C1. The van der Waals surface area contributed by atoms with Gasteiger partial charge in [0.2, 0.25) is 0 Å². The van der Waals surface area contributed by atoms with E-state index >= 15 is 0 Å². The van der Waals surface area contributed by atoms with Crippen molar-refractivity contribution in [1.82, 2.24) is 9.80 Å². The van der Waals surface area contributed by atoms with E-state index in [0.29, 0.717) is 39.6 Å². The summed E-state index contributed by atoms with van der Waals surface area (Å²) in [7, 11) is 0. The van der Waals surface area contributed by atoms with Crippen LogP contribution in [0, 0.1) is 0 Å². The maximum absolute atomic E-state index is 5.65. The van der Waals surface area contributed by atoms with Crippen LogP contribution >= 0.6 is 0 Å². The van der Waals surface area contributed by atoms with Crippen LogP contribution in [0.2, 0.25) is 0 Å². The summed E-state index contributed by atoms with van der Waals surface area (Å²) in [5.41, 5.74) is 0. The highest BCUT2D eigenvalue weighted by molar-refractivity contribution is 4.68. The minimum absolute atomic E-state index is 0.630. The summed E-state index contributed by atoms with van der Waals surface area (Å²) in [6, 6.07) is 0. The smallest absolute Gasteiger partial charge is 0.0701 e. The van der Waals surface area contributed by atoms with Crippen molar-refractivity contribution < 1.29 is 18.9 Å². The van der Waals surface area contributed by atoms with E-state index < -0.39 is 0 Å². The number of nitrogens with zero attached hydrogens (tertiary/aromatic N) is 2. The second kappa shape index (κ2) is 12.2. The van der Waals surface area contributed by atoms with Crippen molar-refractivity contribution in [3.8, 4) is 0 Å². The third-order valence-electron chi connectivity index (χ3n) is 4.15. The van der Waals surface area contributed by atoms with Gasteiger partial charge in [-0.05, 0) is 25.9 Å². The first-order valence-electron chi connectivity index (χ1n) is 8.71. The molecule has 2 saturated heterocycles. The van der Waals surface area contributed by atoms with Crippen molar-refractivity contribution in [3.63, 3.8) is 0 Å². The fourth-order valence-electron chi connectivity index (χ4n) is 2.77. The maximum atomic E-state index is 5.65. The average molecular weight is 316 g/mol. The topological polar surface area (TPSA) is 43.4 Å². The highest BCUT2D eigenvalue weighted by Gasteiger charge is 2.13. The average Bonchev–Trinajstić information content (AvgIpc) is 3.04. The van der Waals surface area contributed by atoms with E-state index in [1.807, 2.05) is 0 Å². The van der Waals surface area contributed by atoms with Crippen LogP contribution in [0.5, 0.6) is 0 Å². The fraction of sp³-hybridized carbons (Fsp3) is 1.00. The first-order chi connectivity index (χ1) is 10.9. The molecule has 0 bridgehead atoms. The van der Waals surface area contributed by atoms with E-state index in [-0.39, 0.29) is 0 Å². The van der Waals surface area contributed by atoms with E-state index in [1.165, 1.54) is 25.9 Å². The number of likely N-dealkylation sites (tertiary alicyclic amines) is 1. The molecule has 0 atom stereocenters. The van der Waals surface area contributed by atoms with Gasteiger partial charge in [0.25, 0.3) is 0 Å². The van der Waals surface area contributed by atoms with E-state index in [9.17, 15) is 0 Å². The van der Waals surface area contributed by atoms with Gasteiger partial charge in [-0.15, -0.1) is 0 Å². The summed E-state index contributed by atoms with van der Waals surface area (Å²) in [4.78, 5) is 5.00. The second-order valence-corrected chi connectivity index (χ2v) is 5.84. The monoisotopic (exact) mass is 316 g/mol. The van der Waals surface area contributed by atoms with Crippen LogP contribution in [0.4, 0.5) is 0 Å². The molecule has 0 aromatic rings. The molecule has 0 amide bonds. The van der Waals surface area contributed by atoms with Gasteiger partial charge in [-0.2, -0.15) is 0 Å². The molecule has 2 rings (SSSR count). The summed E-state index contributed by atoms with van der Waals surface area (Å²) < 4.78 is 22.2. The normalized spacial score (nSPS) is 25.6. The molecule has 6 nitrogen and oxygen atoms in total. The van der Waals surface area contributed by atoms with Crippen molar-refractivity contribution in [1.29, 1.82) is 0 Å². The molecule has 0 aliphatic carbocycles. The molecule has 2 heterocycles. The Hall–Kier alpha value is -0.240. The molecule has 0 spiro atoms. The molecule has 0 N–H and O–H groups in total. The number of hydrogen-bond donors (Lipinski definition) is 0. The molecule has 0 aromatic heterocycles. The molecule has 0 saturated carbocycles. The van der Waals surface area contributed by atoms with E-state index in [2.05, 4.69) is 9.80 Å². The Labute approximate surface area is 134 Å². The fourth-order valence-corrected chi connectivity index (χ4v) is 2.77. The molecule has 0 aromatic carbocycles. The Morgan fingerprint density at radius 2 is 0.818 bits per heavy atom. The van der Waals surface area contributed by atoms with E-state index in [1.54, 1.807) is 0 Å². The highest BCUT2D eigenvalue weighted by atomic mass is 16.6. The summed E-state index contributed by atoms with van der Waals surface area (Å²) in [6.45, 7) is 12.1. The van der Waals surface area contributed by atoms with Crippen molar-refractivity contribution in [2.24, 2.45) is 0 Å². The Kier molecular flexibility index (Phi) is 10.1. The molecule has 0 unspecified atom stereocenters. The minimum atomic E-state index is 0.630. The van der Waals surface area contributed by atoms with Gasteiger partial charge in [0, 0.05) is 26.2 Å². The lowest BCUT2D eigenvalue weighted by Gasteiger charge is -2.25. The molecule has 2 fully saturated rings. The van der Waals surface area contributed by atoms with Crippen molar-refractivity contribution in [2.45, 2.75) is 12.8 Å². The van der Waals surface area contributed by atoms with E-state index in [4.69, 9.17) is 18.9 Å². The number of ether oxygens (including phenoxy) is 4. The summed E-state index contributed by atoms with van der Waals surface area (Å²) in [5.74, 6) is 0. The van der Waals surface area contributed by atoms with Gasteiger partial charge in [-0.3, -0.25) is 4.90 Å². The van der Waals surface area contributed by atoms with Crippen LogP contribution in [-0.2, 0) is 18.9 Å². The van der Waals surface area contributed by atoms with Gasteiger partial charge in [0.15, 0.2) is 0 Å². The quantitative estimate of drug-likeness (QED) is 0.754. The first kappa shape index (κ1) is 18.1. The zero-order valence-electron chi connectivity index (χ0n) is 13.8. The van der Waals surface area contributed by atoms with Crippen LogP contribution in [-0.4, -0.2) is 102 Å². The lowest BCUT2D eigenvalue weighted by atomic mass is 10.4. The molecule has 22 heavy (non-hydrogen) atoms. The van der Waals surface area contributed by atoms with Crippen LogP contribution in [0.15, 0.2) is 0 Å². The molecule has 2 aliphatic heterocycles. The molecule has 6 heteroatoms. The van der Waals surface area contributed by atoms with Crippen LogP contribution in [0.3, 0.4) is 0 Å². The van der Waals surface area contributed by atoms with Gasteiger partial charge in [0.05, 0.1) is 52.9 Å². The van der Waals surface area contributed by atoms with Gasteiger partial charge in [0.1, 0.15) is 0 Å². The zero-order valence-corrected chi connectivity index (χ0v) is 13.8. The highest BCUT2D eigenvalue weighted by Crippen LogP contribution is 2.06. The molecule has 2 aliphatic rings. The van der Waals surface area contributed by atoms with Crippen LogP contribution in [0.1, 0.15) is 12.8 Å². The standard InChI is InChI=1S/C16H32N2O4/c1-2-4-17(3-1)5-6-18-7-9-19-11-13-21-15-16-22-14-12-20-10-8-18/h1-16H2. The van der Waals surface area contributed by atoms with Gasteiger partial charge >= 0.3 is 0 Å². The van der Waals surface area contributed by atoms with Crippen molar-refractivity contribution in [2.75, 3.05) is 92.1 Å². The molecule has 0 radical (unpaired) electrons. The van der Waals surface area contributed by atoms with Crippen LogP contribution in [0.25, 0.3) is 0 Å². The van der Waals surface area contributed by atoms with Crippen molar-refractivity contribution >= 4 is 0 Å². The molecular weight excluding hydrogens is 284 g/mol. The molecular formula is C16H32N2O4. The Morgan fingerprint density at radius 3 is 1.27 bits per heavy atom. The Balaban J connectivity index is 1.65. The third kappa shape index (κ3) is 8.41. The van der Waals surface area contributed by atoms with Gasteiger partial charge in [-0.25, -0.2) is 0 Å². The van der Waals surface area contributed by atoms with Crippen molar-refractivity contribution in [3.05, 3.63) is 0 Å². The zero-order chi connectivity index (χ0) is 15.3. The summed E-state index contributed by atoms with van der Waals surface area (Å²) in [5, 5.41) is 0. The third-order valence-corrected chi connectivity index (χ3v) is 4.15. The summed E-state index contributed by atoms with van der Waals surface area (Å²) in [6.07, 6.45) is 2.71. The predicted molar refractivity (Wildman–Crippen MR) is 85.4 cm³/mol. The Morgan fingerprint density at radius 1 is 0.455 bits per heavy atom. The minimum Gasteiger partial charge on any atom is -0.378 e. The predicted octanol–water partition coefficient (Wildman–Crippen LogP) is 0.464. The summed E-state index contributed by atoms with van der Waals surface area (Å²) >= 11 is 0. The van der Waals surface area contributed by atoms with Gasteiger partial charge in [-0.1, -0.05) is 0 Å². The lowest BCUT2D eigenvalue weighted by Crippen LogP contribution is -2.38. The van der Waals surface area contributed by atoms with Gasteiger partial charge < -0.3 is 23.8 Å². The Bertz CT molecular complexity index is 247.